The van der Waals surface area contributed by atoms with Crippen molar-refractivity contribution in [1.82, 2.24) is 19.8 Å². The molecule has 4 fully saturated rings. The van der Waals surface area contributed by atoms with Crippen LogP contribution in [0.15, 0.2) is 12.1 Å². The minimum atomic E-state index is -0.899. The molecule has 0 unspecified atom stereocenters. The third-order valence-corrected chi connectivity index (χ3v) is 8.29. The molecule has 2 bridgehead atoms. The number of alkyl halides is 1. The Bertz CT molecular complexity index is 1240. The second kappa shape index (κ2) is 9.14. The molecule has 0 N–H and O–H groups in total. The largest absolute Gasteiger partial charge is 0.461 e. The van der Waals surface area contributed by atoms with Crippen molar-refractivity contribution < 1.29 is 27.4 Å². The topological polar surface area (TPSA) is 71.0 Å². The summed E-state index contributed by atoms with van der Waals surface area (Å²) in [6.45, 7) is 7.83. The standard InChI is InChI=1S/C27H34F3N5O3/c1-26(2,3)38-25(36)35-18-5-6-19(35)14-33(13-18)23-20-9-16(28)10-21(30)22(20)31-24(32-23)37-15-27-7-4-8-34(27)12-17(29)11-27/h9-10,17-19H,4-8,11-15H2,1-3H3/t17-,18-,19+,27+/m1/s1. The van der Waals surface area contributed by atoms with E-state index < -0.39 is 28.9 Å². The van der Waals surface area contributed by atoms with Crippen LogP contribution in [0, 0.1) is 11.6 Å². The number of hydrogen-bond acceptors (Lipinski definition) is 7. The highest BCUT2D eigenvalue weighted by molar-refractivity contribution is 5.90. The van der Waals surface area contributed by atoms with Crippen molar-refractivity contribution in [2.24, 2.45) is 0 Å². The van der Waals surface area contributed by atoms with E-state index in [0.717, 1.165) is 38.3 Å². The second-order valence-corrected chi connectivity index (χ2v) is 12.2. The number of benzene rings is 1. The number of hydrogen-bond donors (Lipinski definition) is 0. The third-order valence-electron chi connectivity index (χ3n) is 8.29. The molecule has 8 nitrogen and oxygen atoms in total. The monoisotopic (exact) mass is 533 g/mol. The quantitative estimate of drug-likeness (QED) is 0.575. The fourth-order valence-electron chi connectivity index (χ4n) is 6.76. The Balaban J connectivity index is 1.30. The summed E-state index contributed by atoms with van der Waals surface area (Å²) in [6.07, 6.45) is 2.55. The maximum Gasteiger partial charge on any atom is 0.410 e. The van der Waals surface area contributed by atoms with Gasteiger partial charge in [-0.05, 0) is 59.1 Å². The highest BCUT2D eigenvalue weighted by Gasteiger charge is 2.49. The zero-order valence-electron chi connectivity index (χ0n) is 22.1. The molecule has 38 heavy (non-hydrogen) atoms. The smallest absolute Gasteiger partial charge is 0.410 e. The molecule has 4 aliphatic heterocycles. The fraction of sp³-hybridized carbons (Fsp3) is 0.667. The molecule has 0 radical (unpaired) electrons. The van der Waals surface area contributed by atoms with Crippen LogP contribution in [0.3, 0.4) is 0 Å². The molecule has 1 aromatic carbocycles. The molecule has 0 spiro atoms. The molecule has 4 atom stereocenters. The number of ether oxygens (including phenoxy) is 2. The predicted octanol–water partition coefficient (Wildman–Crippen LogP) is 4.45. The second-order valence-electron chi connectivity index (χ2n) is 12.2. The first-order chi connectivity index (χ1) is 18.0. The lowest BCUT2D eigenvalue weighted by atomic mass is 9.95. The summed E-state index contributed by atoms with van der Waals surface area (Å²) in [5.74, 6) is -1.14. The van der Waals surface area contributed by atoms with Gasteiger partial charge in [-0.15, -0.1) is 0 Å². The van der Waals surface area contributed by atoms with Crippen LogP contribution < -0.4 is 9.64 Å². The van der Waals surface area contributed by atoms with Crippen LogP contribution in [0.4, 0.5) is 23.8 Å². The molecule has 4 saturated heterocycles. The van der Waals surface area contributed by atoms with Gasteiger partial charge in [0.25, 0.3) is 0 Å². The maximum absolute atomic E-state index is 14.9. The lowest BCUT2D eigenvalue weighted by Crippen LogP contribution is -2.57. The molecular weight excluding hydrogens is 499 g/mol. The Hall–Kier alpha value is -2.82. The van der Waals surface area contributed by atoms with Crippen molar-refractivity contribution in [2.45, 2.75) is 82.3 Å². The van der Waals surface area contributed by atoms with Crippen molar-refractivity contribution in [2.75, 3.05) is 37.7 Å². The van der Waals surface area contributed by atoms with Crippen LogP contribution in [0.5, 0.6) is 6.01 Å². The van der Waals surface area contributed by atoms with E-state index >= 15 is 0 Å². The zero-order chi connectivity index (χ0) is 26.8. The van der Waals surface area contributed by atoms with Crippen molar-refractivity contribution in [3.05, 3.63) is 23.8 Å². The van der Waals surface area contributed by atoms with E-state index in [1.54, 1.807) is 4.90 Å². The third kappa shape index (κ3) is 4.52. The molecule has 1 amide bonds. The van der Waals surface area contributed by atoms with Crippen LogP contribution >= 0.6 is 0 Å². The van der Waals surface area contributed by atoms with Crippen molar-refractivity contribution in [1.29, 1.82) is 0 Å². The molecule has 1 aromatic heterocycles. The van der Waals surface area contributed by atoms with E-state index in [0.29, 0.717) is 31.9 Å². The van der Waals surface area contributed by atoms with Crippen LogP contribution in [0.1, 0.15) is 52.9 Å². The Morgan fingerprint density at radius 2 is 1.87 bits per heavy atom. The summed E-state index contributed by atoms with van der Waals surface area (Å²) in [5, 5.41) is 0.255. The summed E-state index contributed by atoms with van der Waals surface area (Å²) in [7, 11) is 0. The molecule has 4 aliphatic rings. The van der Waals surface area contributed by atoms with Gasteiger partial charge in [-0.1, -0.05) is 0 Å². The van der Waals surface area contributed by atoms with Gasteiger partial charge in [0.15, 0.2) is 5.82 Å². The first-order valence-electron chi connectivity index (χ1n) is 13.5. The molecule has 6 rings (SSSR count). The number of carbonyl (C=O) groups excluding carboxylic acids is 1. The van der Waals surface area contributed by atoms with Gasteiger partial charge in [-0.3, -0.25) is 9.80 Å². The number of amides is 1. The zero-order valence-corrected chi connectivity index (χ0v) is 22.1. The molecule has 5 heterocycles. The minimum absolute atomic E-state index is 0.0107. The van der Waals surface area contributed by atoms with Gasteiger partial charge >= 0.3 is 12.1 Å². The van der Waals surface area contributed by atoms with E-state index in [1.807, 2.05) is 25.7 Å². The summed E-state index contributed by atoms with van der Waals surface area (Å²) in [5.41, 5.74) is -1.03. The van der Waals surface area contributed by atoms with E-state index in [2.05, 4.69) is 14.9 Å². The van der Waals surface area contributed by atoms with E-state index in [-0.39, 0.29) is 41.7 Å². The highest BCUT2D eigenvalue weighted by atomic mass is 19.1. The van der Waals surface area contributed by atoms with Gasteiger partial charge in [0.2, 0.25) is 0 Å². The predicted molar refractivity (Wildman–Crippen MR) is 135 cm³/mol. The van der Waals surface area contributed by atoms with Gasteiger partial charge in [-0.2, -0.15) is 9.97 Å². The number of fused-ring (bicyclic) bond motifs is 4. The van der Waals surface area contributed by atoms with Gasteiger partial charge in [0.1, 0.15) is 35.5 Å². The highest BCUT2D eigenvalue weighted by Crippen LogP contribution is 2.41. The molecule has 0 aliphatic carbocycles. The fourth-order valence-corrected chi connectivity index (χ4v) is 6.76. The van der Waals surface area contributed by atoms with Crippen molar-refractivity contribution in [3.8, 4) is 6.01 Å². The summed E-state index contributed by atoms with van der Waals surface area (Å²) in [6, 6.07) is 1.81. The number of rotatable bonds is 4. The first-order valence-corrected chi connectivity index (χ1v) is 13.5. The van der Waals surface area contributed by atoms with Gasteiger partial charge in [-0.25, -0.2) is 18.0 Å². The van der Waals surface area contributed by atoms with Crippen molar-refractivity contribution >= 4 is 22.8 Å². The SMILES string of the molecule is CC(C)(C)OC(=O)N1[C@@H]2CC[C@H]1CN(c1nc(OC[C@@]34CCCN3C[C@H](F)C4)nc3c(F)cc(F)cc13)C2. The van der Waals surface area contributed by atoms with Gasteiger partial charge in [0.05, 0.1) is 17.6 Å². The Kier molecular flexibility index (Phi) is 6.12. The van der Waals surface area contributed by atoms with E-state index in [9.17, 15) is 18.0 Å². The average molecular weight is 534 g/mol. The van der Waals surface area contributed by atoms with Crippen LogP contribution in [0.2, 0.25) is 0 Å². The van der Waals surface area contributed by atoms with Crippen LogP contribution in [0.25, 0.3) is 10.9 Å². The van der Waals surface area contributed by atoms with Crippen LogP contribution in [-0.2, 0) is 4.74 Å². The molecule has 11 heteroatoms. The Morgan fingerprint density at radius 1 is 1.13 bits per heavy atom. The minimum Gasteiger partial charge on any atom is -0.461 e. The van der Waals surface area contributed by atoms with Crippen LogP contribution in [-0.4, -0.2) is 88.0 Å². The average Bonchev–Trinajstić information content (AvgIpc) is 3.43. The Labute approximate surface area is 220 Å². The number of aromatic nitrogens is 2. The summed E-state index contributed by atoms with van der Waals surface area (Å²) < 4.78 is 55.2. The van der Waals surface area contributed by atoms with E-state index in [4.69, 9.17) is 9.47 Å². The Morgan fingerprint density at radius 3 is 2.58 bits per heavy atom. The van der Waals surface area contributed by atoms with Gasteiger partial charge < -0.3 is 14.4 Å². The number of piperazine rings is 1. The normalized spacial score (nSPS) is 29.3. The number of nitrogens with zero attached hydrogens (tertiary/aromatic N) is 5. The summed E-state index contributed by atoms with van der Waals surface area (Å²) in [4.78, 5) is 27.7. The lowest BCUT2D eigenvalue weighted by Gasteiger charge is -2.42. The molecule has 2 aromatic rings. The number of carbonyl (C=O) groups is 1. The van der Waals surface area contributed by atoms with E-state index in [1.165, 1.54) is 6.07 Å². The lowest BCUT2D eigenvalue weighted by molar-refractivity contribution is 0.0122. The molecule has 206 valence electrons. The first kappa shape index (κ1) is 25.5. The van der Waals surface area contributed by atoms with Crippen molar-refractivity contribution in [3.63, 3.8) is 0 Å². The van der Waals surface area contributed by atoms with Gasteiger partial charge in [0, 0.05) is 37.5 Å². The number of anilines is 1. The molecular formula is C27H34F3N5O3. The molecule has 0 saturated carbocycles. The maximum atomic E-state index is 14.9. The summed E-state index contributed by atoms with van der Waals surface area (Å²) >= 11 is 0. The number of halogens is 3.